The van der Waals surface area contributed by atoms with Crippen LogP contribution in [-0.2, 0) is 16.1 Å². The molecule has 0 aliphatic heterocycles. The van der Waals surface area contributed by atoms with Gasteiger partial charge in [-0.3, -0.25) is 0 Å². The zero-order chi connectivity index (χ0) is 18.0. The first-order chi connectivity index (χ1) is 12.0. The first-order valence-corrected chi connectivity index (χ1v) is 8.61. The lowest BCUT2D eigenvalue weighted by Crippen LogP contribution is -2.09. The van der Waals surface area contributed by atoms with Crippen molar-refractivity contribution in [1.29, 1.82) is 0 Å². The Morgan fingerprint density at radius 1 is 1.16 bits per heavy atom. The fraction of sp³-hybridized carbons (Fsp3) is 0.278. The van der Waals surface area contributed by atoms with Crippen LogP contribution in [0.1, 0.15) is 43.4 Å². The standard InChI is InChI=1S/C18H17NO5S/c1-4-22-17(20)15-13(12-7-5-6-8-14(12)24-15)9-23-18(21)16-10(2)19-11(3)25-16/h5-8H,4,9H2,1-3H3. The van der Waals surface area contributed by atoms with Crippen molar-refractivity contribution in [1.82, 2.24) is 4.98 Å². The number of aromatic nitrogens is 1. The van der Waals surface area contributed by atoms with Gasteiger partial charge in [0.25, 0.3) is 0 Å². The Balaban J connectivity index is 1.89. The first-order valence-electron chi connectivity index (χ1n) is 7.80. The number of esters is 2. The molecule has 130 valence electrons. The maximum Gasteiger partial charge on any atom is 0.374 e. The van der Waals surface area contributed by atoms with Gasteiger partial charge in [-0.15, -0.1) is 11.3 Å². The summed E-state index contributed by atoms with van der Waals surface area (Å²) < 4.78 is 16.0. The first kappa shape index (κ1) is 17.2. The van der Waals surface area contributed by atoms with Crippen LogP contribution in [0.3, 0.4) is 0 Å². The van der Waals surface area contributed by atoms with E-state index in [2.05, 4.69) is 4.98 Å². The normalized spacial score (nSPS) is 10.8. The summed E-state index contributed by atoms with van der Waals surface area (Å²) in [5, 5.41) is 1.51. The lowest BCUT2D eigenvalue weighted by Gasteiger charge is -2.05. The molecule has 0 saturated heterocycles. The zero-order valence-corrected chi connectivity index (χ0v) is 14.9. The predicted octanol–water partition coefficient (Wildman–Crippen LogP) is 4.04. The molecular formula is C18H17NO5S. The van der Waals surface area contributed by atoms with Crippen molar-refractivity contribution in [3.05, 3.63) is 51.2 Å². The van der Waals surface area contributed by atoms with Crippen molar-refractivity contribution in [2.75, 3.05) is 6.61 Å². The van der Waals surface area contributed by atoms with Crippen molar-refractivity contribution in [3.8, 4) is 0 Å². The number of aryl methyl sites for hydroxylation is 2. The molecule has 0 radical (unpaired) electrons. The van der Waals surface area contributed by atoms with Crippen LogP contribution in [0.5, 0.6) is 0 Å². The minimum Gasteiger partial charge on any atom is -0.460 e. The quantitative estimate of drug-likeness (QED) is 0.640. The fourth-order valence-corrected chi connectivity index (χ4v) is 3.34. The van der Waals surface area contributed by atoms with Crippen molar-refractivity contribution in [3.63, 3.8) is 0 Å². The van der Waals surface area contributed by atoms with Crippen LogP contribution in [0, 0.1) is 13.8 Å². The average molecular weight is 359 g/mol. The van der Waals surface area contributed by atoms with Crippen molar-refractivity contribution < 1.29 is 23.5 Å². The Morgan fingerprint density at radius 3 is 2.60 bits per heavy atom. The van der Waals surface area contributed by atoms with E-state index in [1.54, 1.807) is 26.0 Å². The molecule has 2 heterocycles. The van der Waals surface area contributed by atoms with Gasteiger partial charge in [0.1, 0.15) is 17.1 Å². The van der Waals surface area contributed by atoms with Gasteiger partial charge in [-0.2, -0.15) is 0 Å². The number of para-hydroxylation sites is 1. The molecule has 3 rings (SSSR count). The van der Waals surface area contributed by atoms with E-state index < -0.39 is 11.9 Å². The van der Waals surface area contributed by atoms with Gasteiger partial charge in [-0.1, -0.05) is 18.2 Å². The second-order valence-corrected chi connectivity index (χ2v) is 6.55. The van der Waals surface area contributed by atoms with E-state index in [1.165, 1.54) is 11.3 Å². The summed E-state index contributed by atoms with van der Waals surface area (Å²) in [6, 6.07) is 7.20. The zero-order valence-electron chi connectivity index (χ0n) is 14.1. The molecule has 0 unspecified atom stereocenters. The third-order valence-electron chi connectivity index (χ3n) is 3.60. The Morgan fingerprint density at radius 2 is 1.92 bits per heavy atom. The number of benzene rings is 1. The van der Waals surface area contributed by atoms with Gasteiger partial charge in [-0.25, -0.2) is 14.6 Å². The van der Waals surface area contributed by atoms with Crippen LogP contribution in [-0.4, -0.2) is 23.5 Å². The third-order valence-corrected chi connectivity index (χ3v) is 4.65. The third kappa shape index (κ3) is 3.41. The summed E-state index contributed by atoms with van der Waals surface area (Å²) in [4.78, 5) is 29.1. The number of carbonyl (C=O) groups is 2. The average Bonchev–Trinajstić information content (AvgIpc) is 3.12. The van der Waals surface area contributed by atoms with E-state index in [9.17, 15) is 9.59 Å². The number of furan rings is 1. The molecule has 0 N–H and O–H groups in total. The molecule has 2 aromatic heterocycles. The molecule has 6 nitrogen and oxygen atoms in total. The number of rotatable bonds is 5. The van der Waals surface area contributed by atoms with Crippen LogP contribution >= 0.6 is 11.3 Å². The van der Waals surface area contributed by atoms with Gasteiger partial charge < -0.3 is 13.9 Å². The topological polar surface area (TPSA) is 78.6 Å². The number of thiazole rings is 1. The minimum atomic E-state index is -0.574. The molecule has 7 heteroatoms. The molecule has 0 atom stereocenters. The van der Waals surface area contributed by atoms with Crippen LogP contribution < -0.4 is 0 Å². The SMILES string of the molecule is CCOC(=O)c1oc2ccccc2c1COC(=O)c1sc(C)nc1C. The summed E-state index contributed by atoms with van der Waals surface area (Å²) in [7, 11) is 0. The molecular weight excluding hydrogens is 342 g/mol. The number of hydrogen-bond donors (Lipinski definition) is 0. The van der Waals surface area contributed by atoms with Gasteiger partial charge in [0.05, 0.1) is 22.9 Å². The van der Waals surface area contributed by atoms with E-state index in [1.807, 2.05) is 19.1 Å². The number of fused-ring (bicyclic) bond motifs is 1. The van der Waals surface area contributed by atoms with Crippen molar-refractivity contribution in [2.45, 2.75) is 27.4 Å². The molecule has 0 aliphatic carbocycles. The largest absolute Gasteiger partial charge is 0.460 e. The highest BCUT2D eigenvalue weighted by atomic mass is 32.1. The smallest absolute Gasteiger partial charge is 0.374 e. The predicted molar refractivity (Wildman–Crippen MR) is 92.9 cm³/mol. The summed E-state index contributed by atoms with van der Waals surface area (Å²) in [5.41, 5.74) is 1.68. The van der Waals surface area contributed by atoms with Crippen molar-refractivity contribution in [2.24, 2.45) is 0 Å². The number of carbonyl (C=O) groups excluding carboxylic acids is 2. The molecule has 0 fully saturated rings. The molecule has 0 amide bonds. The number of ether oxygens (including phenoxy) is 2. The molecule has 25 heavy (non-hydrogen) atoms. The van der Waals surface area contributed by atoms with Crippen LogP contribution in [0.2, 0.25) is 0 Å². The minimum absolute atomic E-state index is 0.0630. The van der Waals surface area contributed by atoms with Gasteiger partial charge in [0, 0.05) is 5.39 Å². The summed E-state index contributed by atoms with van der Waals surface area (Å²) in [5.74, 6) is -0.981. The Kier molecular flexibility index (Phi) is 4.85. The second kappa shape index (κ2) is 7.06. The molecule has 0 spiro atoms. The van der Waals surface area contributed by atoms with Crippen LogP contribution in [0.4, 0.5) is 0 Å². The van der Waals surface area contributed by atoms with E-state index in [0.717, 1.165) is 10.4 Å². The number of hydrogen-bond acceptors (Lipinski definition) is 7. The van der Waals surface area contributed by atoms with Gasteiger partial charge >= 0.3 is 11.9 Å². The van der Waals surface area contributed by atoms with Crippen molar-refractivity contribution >= 4 is 34.2 Å². The maximum absolute atomic E-state index is 12.3. The molecule has 3 aromatic rings. The molecule has 0 saturated carbocycles. The lowest BCUT2D eigenvalue weighted by atomic mass is 10.1. The second-order valence-electron chi connectivity index (χ2n) is 5.35. The summed E-state index contributed by atoms with van der Waals surface area (Å²) in [6.07, 6.45) is 0. The van der Waals surface area contributed by atoms with E-state index in [-0.39, 0.29) is 19.0 Å². The van der Waals surface area contributed by atoms with Gasteiger partial charge in [-0.05, 0) is 26.8 Å². The van der Waals surface area contributed by atoms with E-state index in [0.29, 0.717) is 21.7 Å². The molecule has 1 aromatic carbocycles. The van der Waals surface area contributed by atoms with Gasteiger partial charge in [0.15, 0.2) is 0 Å². The monoisotopic (exact) mass is 359 g/mol. The summed E-state index contributed by atoms with van der Waals surface area (Å²) in [6.45, 7) is 5.46. The van der Waals surface area contributed by atoms with E-state index in [4.69, 9.17) is 13.9 Å². The van der Waals surface area contributed by atoms with Crippen LogP contribution in [0.15, 0.2) is 28.7 Å². The maximum atomic E-state index is 12.3. The van der Waals surface area contributed by atoms with E-state index >= 15 is 0 Å². The Hall–Kier alpha value is -2.67. The Labute approximate surface area is 148 Å². The van der Waals surface area contributed by atoms with Crippen LogP contribution in [0.25, 0.3) is 11.0 Å². The Bertz CT molecular complexity index is 940. The highest BCUT2D eigenvalue weighted by Crippen LogP contribution is 2.28. The van der Waals surface area contributed by atoms with Gasteiger partial charge in [0.2, 0.25) is 5.76 Å². The highest BCUT2D eigenvalue weighted by Gasteiger charge is 2.23. The highest BCUT2D eigenvalue weighted by molar-refractivity contribution is 7.13. The fourth-order valence-electron chi connectivity index (χ4n) is 2.53. The molecule has 0 aliphatic rings. The number of nitrogens with zero attached hydrogens (tertiary/aromatic N) is 1. The molecule has 0 bridgehead atoms. The lowest BCUT2D eigenvalue weighted by molar-refractivity contribution is 0.0438. The summed E-state index contributed by atoms with van der Waals surface area (Å²) >= 11 is 1.28.